The fraction of sp³-hybridized carbons (Fsp3) is 0.438. The van der Waals surface area contributed by atoms with Crippen LogP contribution in [0.15, 0.2) is 30.3 Å². The molecule has 0 saturated carbocycles. The molecule has 0 spiro atoms. The van der Waals surface area contributed by atoms with Crippen LogP contribution in [0.25, 0.3) is 11.4 Å². The van der Waals surface area contributed by atoms with Crippen LogP contribution in [-0.2, 0) is 9.59 Å². The molecule has 0 aliphatic carbocycles. The molecular weight excluding hydrogens is 310 g/mol. The molecule has 1 heterocycles. The second kappa shape index (κ2) is 7.67. The number of carboxylic acid groups (broad SMARTS) is 1. The molecule has 8 heteroatoms. The van der Waals surface area contributed by atoms with Crippen molar-refractivity contribution >= 4 is 11.9 Å². The van der Waals surface area contributed by atoms with E-state index in [1.165, 1.54) is 4.80 Å². The van der Waals surface area contributed by atoms with Gasteiger partial charge in [-0.2, -0.15) is 4.80 Å². The number of tetrazole rings is 1. The predicted molar refractivity (Wildman–Crippen MR) is 87.0 cm³/mol. The maximum atomic E-state index is 12.5. The highest BCUT2D eigenvalue weighted by Crippen LogP contribution is 2.19. The number of aromatic nitrogens is 4. The highest BCUT2D eigenvalue weighted by Gasteiger charge is 2.28. The molecule has 2 aromatic rings. The molecule has 24 heavy (non-hydrogen) atoms. The number of nitrogens with one attached hydrogen (secondary N) is 1. The zero-order valence-corrected chi connectivity index (χ0v) is 13.9. The Kier molecular flexibility index (Phi) is 5.62. The molecule has 2 atom stereocenters. The monoisotopic (exact) mass is 331 g/mol. The van der Waals surface area contributed by atoms with Crippen LogP contribution in [0.5, 0.6) is 0 Å². The number of rotatable bonds is 7. The third-order valence-electron chi connectivity index (χ3n) is 3.48. The summed E-state index contributed by atoms with van der Waals surface area (Å²) in [5.74, 6) is -0.933. The molecular formula is C16H21N5O3. The second-order valence-electron chi connectivity index (χ2n) is 6.00. The molecule has 2 rings (SSSR count). The maximum absolute atomic E-state index is 12.5. The molecule has 0 aliphatic heterocycles. The summed E-state index contributed by atoms with van der Waals surface area (Å²) in [7, 11) is 0. The van der Waals surface area contributed by atoms with Gasteiger partial charge in [0.25, 0.3) is 0 Å². The van der Waals surface area contributed by atoms with Gasteiger partial charge in [0.1, 0.15) is 0 Å². The lowest BCUT2D eigenvalue weighted by atomic mass is 10.0. The van der Waals surface area contributed by atoms with E-state index in [0.717, 1.165) is 5.56 Å². The Morgan fingerprint density at radius 3 is 2.46 bits per heavy atom. The first kappa shape index (κ1) is 17.6. The summed E-state index contributed by atoms with van der Waals surface area (Å²) in [6.45, 7) is 5.39. The quantitative estimate of drug-likeness (QED) is 0.796. The molecule has 0 fully saturated rings. The molecule has 8 nitrogen and oxygen atoms in total. The van der Waals surface area contributed by atoms with Gasteiger partial charge in [0, 0.05) is 11.6 Å². The molecule has 1 amide bonds. The Hall–Kier alpha value is -2.77. The van der Waals surface area contributed by atoms with Crippen LogP contribution >= 0.6 is 0 Å². The highest BCUT2D eigenvalue weighted by atomic mass is 16.4. The topological polar surface area (TPSA) is 110 Å². The normalized spacial score (nSPS) is 13.5. The highest BCUT2D eigenvalue weighted by molar-refractivity contribution is 5.81. The number of benzene rings is 1. The standard InChI is InChI=1S/C16H21N5O3/c1-10(2)14(16(24)17-11(3)9-13(22)23)21-19-15(18-20-21)12-7-5-4-6-8-12/h4-8,10-11,14H,9H2,1-3H3,(H,17,24)(H,22,23). The van der Waals surface area contributed by atoms with E-state index in [-0.39, 0.29) is 18.2 Å². The Bertz CT molecular complexity index is 699. The molecule has 0 aliphatic rings. The van der Waals surface area contributed by atoms with Crippen molar-refractivity contribution in [2.45, 2.75) is 39.3 Å². The number of nitrogens with zero attached hydrogens (tertiary/aromatic N) is 4. The maximum Gasteiger partial charge on any atom is 0.305 e. The third-order valence-corrected chi connectivity index (χ3v) is 3.48. The summed E-state index contributed by atoms with van der Waals surface area (Å²) in [5.41, 5.74) is 0.811. The molecule has 0 bridgehead atoms. The van der Waals surface area contributed by atoms with Crippen LogP contribution in [0.1, 0.15) is 33.2 Å². The largest absolute Gasteiger partial charge is 0.481 e. The molecule has 2 N–H and O–H groups in total. The summed E-state index contributed by atoms with van der Waals surface area (Å²) < 4.78 is 0. The van der Waals surface area contributed by atoms with Gasteiger partial charge in [-0.3, -0.25) is 9.59 Å². The summed E-state index contributed by atoms with van der Waals surface area (Å²) >= 11 is 0. The van der Waals surface area contributed by atoms with Gasteiger partial charge in [-0.25, -0.2) is 0 Å². The number of aliphatic carboxylic acids is 1. The number of carbonyl (C=O) groups excluding carboxylic acids is 1. The minimum absolute atomic E-state index is 0.0835. The summed E-state index contributed by atoms with van der Waals surface area (Å²) in [6, 6.07) is 8.22. The van der Waals surface area contributed by atoms with Gasteiger partial charge in [-0.05, 0) is 18.1 Å². The van der Waals surface area contributed by atoms with E-state index < -0.39 is 18.1 Å². The van der Waals surface area contributed by atoms with Crippen molar-refractivity contribution in [3.63, 3.8) is 0 Å². The van der Waals surface area contributed by atoms with Crippen LogP contribution in [0.3, 0.4) is 0 Å². The van der Waals surface area contributed by atoms with Crippen LogP contribution in [0, 0.1) is 5.92 Å². The Morgan fingerprint density at radius 2 is 1.88 bits per heavy atom. The Balaban J connectivity index is 2.17. The lowest BCUT2D eigenvalue weighted by Gasteiger charge is -2.21. The van der Waals surface area contributed by atoms with Crippen LogP contribution in [0.2, 0.25) is 0 Å². The molecule has 128 valence electrons. The van der Waals surface area contributed by atoms with Crippen LogP contribution in [-0.4, -0.2) is 43.2 Å². The van der Waals surface area contributed by atoms with E-state index in [4.69, 9.17) is 5.11 Å². The Morgan fingerprint density at radius 1 is 1.21 bits per heavy atom. The molecule has 1 aromatic carbocycles. The molecule has 1 aromatic heterocycles. The van der Waals surface area contributed by atoms with Crippen molar-refractivity contribution in [2.75, 3.05) is 0 Å². The van der Waals surface area contributed by atoms with E-state index >= 15 is 0 Å². The van der Waals surface area contributed by atoms with Gasteiger partial charge in [0.2, 0.25) is 11.7 Å². The average Bonchev–Trinajstić information content (AvgIpc) is 2.96. The summed E-state index contributed by atoms with van der Waals surface area (Å²) in [5, 5.41) is 23.8. The first-order valence-electron chi connectivity index (χ1n) is 7.75. The van der Waals surface area contributed by atoms with Gasteiger partial charge in [0.05, 0.1) is 6.42 Å². The zero-order chi connectivity index (χ0) is 17.7. The SMILES string of the molecule is CC(CC(=O)O)NC(=O)C(C(C)C)n1nnc(-c2ccccc2)n1. The second-order valence-corrected chi connectivity index (χ2v) is 6.00. The third kappa shape index (κ3) is 4.37. The Labute approximate surface area is 139 Å². The van der Waals surface area contributed by atoms with E-state index in [0.29, 0.717) is 5.82 Å². The minimum atomic E-state index is -0.964. The summed E-state index contributed by atoms with van der Waals surface area (Å²) in [6.07, 6.45) is -0.142. The van der Waals surface area contributed by atoms with Gasteiger partial charge in [-0.1, -0.05) is 44.2 Å². The smallest absolute Gasteiger partial charge is 0.305 e. The number of hydrogen-bond donors (Lipinski definition) is 2. The van der Waals surface area contributed by atoms with Crippen molar-refractivity contribution in [3.05, 3.63) is 30.3 Å². The zero-order valence-electron chi connectivity index (χ0n) is 13.9. The number of carbonyl (C=O) groups is 2. The predicted octanol–water partition coefficient (Wildman–Crippen LogP) is 1.52. The lowest BCUT2D eigenvalue weighted by Crippen LogP contribution is -2.41. The van der Waals surface area contributed by atoms with Gasteiger partial charge in [-0.15, -0.1) is 10.2 Å². The lowest BCUT2D eigenvalue weighted by molar-refractivity contribution is -0.137. The number of carboxylic acids is 1. The van der Waals surface area contributed by atoms with Crippen molar-refractivity contribution in [1.29, 1.82) is 0 Å². The van der Waals surface area contributed by atoms with Crippen molar-refractivity contribution in [1.82, 2.24) is 25.5 Å². The van der Waals surface area contributed by atoms with Gasteiger partial charge >= 0.3 is 5.97 Å². The first-order valence-corrected chi connectivity index (χ1v) is 7.75. The number of amides is 1. The first-order chi connectivity index (χ1) is 11.4. The fourth-order valence-corrected chi connectivity index (χ4v) is 2.36. The van der Waals surface area contributed by atoms with E-state index in [2.05, 4.69) is 20.7 Å². The van der Waals surface area contributed by atoms with Gasteiger partial charge < -0.3 is 10.4 Å². The average molecular weight is 331 g/mol. The van der Waals surface area contributed by atoms with Crippen molar-refractivity contribution in [3.8, 4) is 11.4 Å². The molecule has 0 saturated heterocycles. The van der Waals surface area contributed by atoms with Gasteiger partial charge in [0.15, 0.2) is 6.04 Å². The van der Waals surface area contributed by atoms with Crippen molar-refractivity contribution in [2.24, 2.45) is 5.92 Å². The molecule has 0 radical (unpaired) electrons. The van der Waals surface area contributed by atoms with E-state index in [9.17, 15) is 9.59 Å². The fourth-order valence-electron chi connectivity index (χ4n) is 2.36. The van der Waals surface area contributed by atoms with Crippen LogP contribution in [0.4, 0.5) is 0 Å². The summed E-state index contributed by atoms with van der Waals surface area (Å²) in [4.78, 5) is 24.5. The van der Waals surface area contributed by atoms with Crippen molar-refractivity contribution < 1.29 is 14.7 Å². The van der Waals surface area contributed by atoms with Crippen LogP contribution < -0.4 is 5.32 Å². The number of hydrogen-bond acceptors (Lipinski definition) is 5. The molecule has 2 unspecified atom stereocenters. The van der Waals surface area contributed by atoms with E-state index in [1.807, 2.05) is 44.2 Å². The van der Waals surface area contributed by atoms with E-state index in [1.54, 1.807) is 6.92 Å². The minimum Gasteiger partial charge on any atom is -0.481 e.